The van der Waals surface area contributed by atoms with Crippen molar-refractivity contribution in [1.29, 1.82) is 0 Å². The van der Waals surface area contributed by atoms with Crippen LogP contribution in [-0.2, 0) is 11.3 Å². The number of benzene rings is 1. The molecule has 0 aliphatic heterocycles. The van der Waals surface area contributed by atoms with E-state index in [9.17, 15) is 9.90 Å². The summed E-state index contributed by atoms with van der Waals surface area (Å²) in [6.45, 7) is 5.29. The lowest BCUT2D eigenvalue weighted by Gasteiger charge is -2.07. The fourth-order valence-electron chi connectivity index (χ4n) is 2.45. The molecule has 2 aromatic rings. The van der Waals surface area contributed by atoms with Gasteiger partial charge < -0.3 is 14.8 Å². The molecular formula is C16H17Cl2NO3. The van der Waals surface area contributed by atoms with E-state index in [2.05, 4.69) is 4.98 Å². The number of aliphatic hydroxyl groups is 1. The van der Waals surface area contributed by atoms with Crippen LogP contribution in [-0.4, -0.2) is 16.1 Å². The van der Waals surface area contributed by atoms with Crippen molar-refractivity contribution in [3.8, 4) is 0 Å². The second-order valence-corrected chi connectivity index (χ2v) is 6.00. The van der Waals surface area contributed by atoms with Crippen molar-refractivity contribution in [2.45, 2.75) is 33.5 Å². The number of aromatic amines is 1. The minimum atomic E-state index is -0.650. The van der Waals surface area contributed by atoms with Gasteiger partial charge in [-0.15, -0.1) is 0 Å². The second kappa shape index (κ2) is 6.73. The first-order valence-corrected chi connectivity index (χ1v) is 7.55. The molecule has 0 saturated carbocycles. The standard InChI is InChI=1S/C16H17Cl2NO3/c1-8-14(10(3)20)9(2)19-15(8)16(21)22-7-11-4-5-12(17)6-13(11)18/h4-6,10,19-20H,7H2,1-3H3/t10-/m0/s1. The van der Waals surface area contributed by atoms with Crippen LogP contribution in [0.25, 0.3) is 0 Å². The first-order valence-electron chi connectivity index (χ1n) is 6.79. The van der Waals surface area contributed by atoms with Gasteiger partial charge in [-0.25, -0.2) is 4.79 Å². The maximum Gasteiger partial charge on any atom is 0.355 e. The quantitative estimate of drug-likeness (QED) is 0.812. The van der Waals surface area contributed by atoms with Gasteiger partial charge in [0.05, 0.1) is 6.10 Å². The normalized spacial score (nSPS) is 12.3. The number of halogens is 2. The predicted octanol–water partition coefficient (Wildman–Crippen LogP) is 4.35. The Morgan fingerprint density at radius 1 is 1.36 bits per heavy atom. The number of ether oxygens (including phenoxy) is 1. The Bertz CT molecular complexity index is 708. The monoisotopic (exact) mass is 341 g/mol. The zero-order valence-corrected chi connectivity index (χ0v) is 14.0. The number of nitrogens with one attached hydrogen (secondary N) is 1. The largest absolute Gasteiger partial charge is 0.456 e. The van der Waals surface area contributed by atoms with Crippen LogP contribution in [0, 0.1) is 13.8 Å². The minimum absolute atomic E-state index is 0.0519. The molecule has 0 bridgehead atoms. The molecule has 1 heterocycles. The van der Waals surface area contributed by atoms with Crippen LogP contribution in [0.1, 0.15) is 45.9 Å². The topological polar surface area (TPSA) is 62.3 Å². The van der Waals surface area contributed by atoms with Crippen molar-refractivity contribution in [2.75, 3.05) is 0 Å². The van der Waals surface area contributed by atoms with Crippen LogP contribution in [0.4, 0.5) is 0 Å². The number of hydrogen-bond acceptors (Lipinski definition) is 3. The van der Waals surface area contributed by atoms with E-state index in [-0.39, 0.29) is 6.61 Å². The molecule has 118 valence electrons. The van der Waals surface area contributed by atoms with Gasteiger partial charge in [-0.2, -0.15) is 0 Å². The summed E-state index contributed by atoms with van der Waals surface area (Å²) >= 11 is 11.9. The van der Waals surface area contributed by atoms with Gasteiger partial charge in [0.2, 0.25) is 0 Å². The lowest BCUT2D eigenvalue weighted by molar-refractivity contribution is 0.0465. The summed E-state index contributed by atoms with van der Waals surface area (Å²) in [5.41, 5.74) is 3.19. The second-order valence-electron chi connectivity index (χ2n) is 5.15. The van der Waals surface area contributed by atoms with Crippen molar-refractivity contribution in [3.05, 3.63) is 56.3 Å². The Morgan fingerprint density at radius 3 is 2.59 bits per heavy atom. The van der Waals surface area contributed by atoms with Gasteiger partial charge in [-0.3, -0.25) is 0 Å². The molecule has 6 heteroatoms. The number of hydrogen-bond donors (Lipinski definition) is 2. The SMILES string of the molecule is Cc1[nH]c(C(=O)OCc2ccc(Cl)cc2Cl)c(C)c1[C@H](C)O. The first kappa shape index (κ1) is 16.9. The highest BCUT2D eigenvalue weighted by Gasteiger charge is 2.21. The molecule has 0 aliphatic carbocycles. The number of carbonyl (C=O) groups is 1. The summed E-state index contributed by atoms with van der Waals surface area (Å²) < 4.78 is 5.28. The lowest BCUT2D eigenvalue weighted by Crippen LogP contribution is -2.08. The van der Waals surface area contributed by atoms with Crippen molar-refractivity contribution >= 4 is 29.2 Å². The van der Waals surface area contributed by atoms with Crippen LogP contribution in [0.5, 0.6) is 0 Å². The van der Waals surface area contributed by atoms with Gasteiger partial charge in [0.15, 0.2) is 0 Å². The van der Waals surface area contributed by atoms with Gasteiger partial charge >= 0.3 is 5.97 Å². The molecule has 0 amide bonds. The van der Waals surface area contributed by atoms with E-state index in [1.165, 1.54) is 0 Å². The molecule has 0 unspecified atom stereocenters. The zero-order valence-electron chi connectivity index (χ0n) is 12.5. The molecule has 0 radical (unpaired) electrons. The van der Waals surface area contributed by atoms with E-state index in [1.54, 1.807) is 32.0 Å². The summed E-state index contributed by atoms with van der Waals surface area (Å²) in [6, 6.07) is 5.00. The molecule has 2 N–H and O–H groups in total. The van der Waals surface area contributed by atoms with Gasteiger partial charge in [-0.1, -0.05) is 29.3 Å². The molecule has 0 fully saturated rings. The number of aliphatic hydroxyl groups excluding tert-OH is 1. The summed E-state index contributed by atoms with van der Waals surface area (Å²) in [7, 11) is 0. The minimum Gasteiger partial charge on any atom is -0.456 e. The Kier molecular flexibility index (Phi) is 5.16. The fraction of sp³-hybridized carbons (Fsp3) is 0.312. The van der Waals surface area contributed by atoms with Crippen LogP contribution >= 0.6 is 23.2 Å². The third kappa shape index (κ3) is 3.46. The van der Waals surface area contributed by atoms with Gasteiger partial charge in [0.25, 0.3) is 0 Å². The van der Waals surface area contributed by atoms with Crippen molar-refractivity contribution in [2.24, 2.45) is 0 Å². The molecular weight excluding hydrogens is 325 g/mol. The third-order valence-electron chi connectivity index (χ3n) is 3.49. The maximum absolute atomic E-state index is 12.2. The maximum atomic E-state index is 12.2. The predicted molar refractivity (Wildman–Crippen MR) is 86.5 cm³/mol. The molecule has 1 aromatic heterocycles. The molecule has 0 aliphatic rings. The molecule has 22 heavy (non-hydrogen) atoms. The Labute approximate surface area is 139 Å². The number of rotatable bonds is 4. The van der Waals surface area contributed by atoms with E-state index >= 15 is 0 Å². The number of carbonyl (C=O) groups excluding carboxylic acids is 1. The summed E-state index contributed by atoms with van der Waals surface area (Å²) in [6.07, 6.45) is -0.650. The van der Waals surface area contributed by atoms with Crippen LogP contribution in [0.15, 0.2) is 18.2 Å². The summed E-state index contributed by atoms with van der Waals surface area (Å²) in [5.74, 6) is -0.487. The smallest absolute Gasteiger partial charge is 0.355 e. The van der Waals surface area contributed by atoms with E-state index < -0.39 is 12.1 Å². The van der Waals surface area contributed by atoms with E-state index in [0.29, 0.717) is 26.9 Å². The Balaban J connectivity index is 2.15. The lowest BCUT2D eigenvalue weighted by atomic mass is 10.1. The molecule has 0 saturated heterocycles. The number of esters is 1. The van der Waals surface area contributed by atoms with Gasteiger partial charge in [-0.05, 0) is 38.5 Å². The van der Waals surface area contributed by atoms with Gasteiger partial charge in [0, 0.05) is 26.9 Å². The summed E-state index contributed by atoms with van der Waals surface area (Å²) in [4.78, 5) is 15.2. The summed E-state index contributed by atoms with van der Waals surface area (Å²) in [5, 5.41) is 10.7. The number of H-pyrrole nitrogens is 1. The molecule has 2 rings (SSSR count). The van der Waals surface area contributed by atoms with E-state index in [0.717, 1.165) is 11.3 Å². The van der Waals surface area contributed by atoms with Crippen molar-refractivity contribution in [3.63, 3.8) is 0 Å². The van der Waals surface area contributed by atoms with E-state index in [1.807, 2.05) is 6.92 Å². The highest BCUT2D eigenvalue weighted by atomic mass is 35.5. The molecule has 0 spiro atoms. The van der Waals surface area contributed by atoms with Crippen molar-refractivity contribution in [1.82, 2.24) is 4.98 Å². The first-order chi connectivity index (χ1) is 10.3. The van der Waals surface area contributed by atoms with Gasteiger partial charge in [0.1, 0.15) is 12.3 Å². The molecule has 4 nitrogen and oxygen atoms in total. The van der Waals surface area contributed by atoms with Crippen molar-refractivity contribution < 1.29 is 14.6 Å². The average Bonchev–Trinajstić information content (AvgIpc) is 2.72. The van der Waals surface area contributed by atoms with Crippen LogP contribution < -0.4 is 0 Å². The van der Waals surface area contributed by atoms with Crippen LogP contribution in [0.2, 0.25) is 10.0 Å². The fourth-order valence-corrected chi connectivity index (χ4v) is 2.91. The molecule has 1 aromatic carbocycles. The average molecular weight is 342 g/mol. The number of aromatic nitrogens is 1. The highest BCUT2D eigenvalue weighted by Crippen LogP contribution is 2.26. The Morgan fingerprint density at radius 2 is 2.05 bits per heavy atom. The third-order valence-corrected chi connectivity index (χ3v) is 4.08. The van der Waals surface area contributed by atoms with E-state index in [4.69, 9.17) is 27.9 Å². The molecule has 1 atom stereocenters. The Hall–Kier alpha value is -1.49. The highest BCUT2D eigenvalue weighted by molar-refractivity contribution is 6.35. The number of aryl methyl sites for hydroxylation is 1. The zero-order chi connectivity index (χ0) is 16.4. The van der Waals surface area contributed by atoms with Crippen LogP contribution in [0.3, 0.4) is 0 Å².